The quantitative estimate of drug-likeness (QED) is 0.494. The van der Waals surface area contributed by atoms with Gasteiger partial charge in [0.1, 0.15) is 0 Å². The first-order chi connectivity index (χ1) is 8.33. The molecule has 84 valence electrons. The first kappa shape index (κ1) is 11.1. The summed E-state index contributed by atoms with van der Waals surface area (Å²) < 4.78 is 0. The molecule has 0 aliphatic rings. The summed E-state index contributed by atoms with van der Waals surface area (Å²) in [5, 5.41) is 0. The maximum absolute atomic E-state index is 11.2. The van der Waals surface area contributed by atoms with Crippen molar-refractivity contribution in [1.29, 1.82) is 0 Å². The Morgan fingerprint density at radius 3 is 1.76 bits per heavy atom. The fraction of sp³-hybridized carbons (Fsp3) is 0. The second-order valence-corrected chi connectivity index (χ2v) is 3.68. The molecule has 0 bridgehead atoms. The maximum atomic E-state index is 11.2. The molecule has 0 unspecified atom stereocenters. The molecule has 2 rings (SSSR count). The molecule has 0 saturated heterocycles. The van der Waals surface area contributed by atoms with Gasteiger partial charge in [0, 0.05) is 11.3 Å². The Balaban J connectivity index is 2.52. The molecule has 2 aromatic carbocycles. The molecule has 0 aliphatic carbocycles. The molecule has 0 saturated carbocycles. The molecule has 0 aliphatic heterocycles. The van der Waals surface area contributed by atoms with Crippen molar-refractivity contribution in [3.05, 3.63) is 71.8 Å². The summed E-state index contributed by atoms with van der Waals surface area (Å²) >= 11 is 0. The minimum Gasteiger partial charge on any atom is -0.398 e. The van der Waals surface area contributed by atoms with Gasteiger partial charge in [0.05, 0.1) is 0 Å². The van der Waals surface area contributed by atoms with Crippen molar-refractivity contribution in [2.75, 3.05) is 0 Å². The van der Waals surface area contributed by atoms with Gasteiger partial charge in [-0.25, -0.2) is 0 Å². The number of carbonyl (C=O) groups is 1. The first-order valence-electron chi connectivity index (χ1n) is 5.38. The van der Waals surface area contributed by atoms with Crippen LogP contribution in [0.1, 0.15) is 11.1 Å². The van der Waals surface area contributed by atoms with Crippen molar-refractivity contribution in [3.8, 4) is 0 Å². The fourth-order valence-corrected chi connectivity index (χ4v) is 1.68. The lowest BCUT2D eigenvalue weighted by Crippen LogP contribution is -2.02. The smallest absolute Gasteiger partial charge is 0.152 e. The van der Waals surface area contributed by atoms with Gasteiger partial charge in [0.2, 0.25) is 0 Å². The third-order valence-corrected chi connectivity index (χ3v) is 2.58. The second-order valence-electron chi connectivity index (χ2n) is 3.68. The normalized spacial score (nSPS) is 11.8. The summed E-state index contributed by atoms with van der Waals surface area (Å²) in [6, 6.07) is 18.9. The van der Waals surface area contributed by atoms with E-state index in [-0.39, 0.29) is 0 Å². The van der Waals surface area contributed by atoms with Gasteiger partial charge in [0.15, 0.2) is 6.29 Å². The van der Waals surface area contributed by atoms with Crippen molar-refractivity contribution >= 4 is 17.6 Å². The highest BCUT2D eigenvalue weighted by atomic mass is 16.1. The van der Waals surface area contributed by atoms with Gasteiger partial charge in [-0.3, -0.25) is 4.79 Å². The third kappa shape index (κ3) is 2.42. The average molecular weight is 223 g/mol. The molecule has 2 nitrogen and oxygen atoms in total. The number of hydrogen-bond donors (Lipinski definition) is 1. The first-order valence-corrected chi connectivity index (χ1v) is 5.38. The molecule has 0 heterocycles. The Labute approximate surface area is 100 Å². The van der Waals surface area contributed by atoms with Crippen LogP contribution < -0.4 is 5.73 Å². The lowest BCUT2D eigenvalue weighted by atomic mass is 10.0. The Morgan fingerprint density at radius 1 is 0.824 bits per heavy atom. The van der Waals surface area contributed by atoms with Crippen molar-refractivity contribution < 1.29 is 4.79 Å². The number of hydrogen-bond acceptors (Lipinski definition) is 2. The van der Waals surface area contributed by atoms with Crippen LogP contribution in [0.15, 0.2) is 60.7 Å². The van der Waals surface area contributed by atoms with Crippen LogP contribution in [0.5, 0.6) is 0 Å². The zero-order valence-corrected chi connectivity index (χ0v) is 9.34. The molecule has 0 spiro atoms. The topological polar surface area (TPSA) is 43.1 Å². The largest absolute Gasteiger partial charge is 0.398 e. The van der Waals surface area contributed by atoms with Gasteiger partial charge < -0.3 is 5.73 Å². The molecule has 0 fully saturated rings. The Kier molecular flexibility index (Phi) is 3.36. The van der Waals surface area contributed by atoms with E-state index < -0.39 is 0 Å². The van der Waals surface area contributed by atoms with Gasteiger partial charge in [-0.1, -0.05) is 60.7 Å². The summed E-state index contributed by atoms with van der Waals surface area (Å²) in [6.45, 7) is 0. The van der Waals surface area contributed by atoms with E-state index in [1.165, 1.54) is 0 Å². The van der Waals surface area contributed by atoms with Gasteiger partial charge >= 0.3 is 0 Å². The number of aldehydes is 1. The van der Waals surface area contributed by atoms with Crippen LogP contribution >= 0.6 is 0 Å². The summed E-state index contributed by atoms with van der Waals surface area (Å²) in [5.74, 6) is 0. The number of carbonyl (C=O) groups excluding carboxylic acids is 1. The Hall–Kier alpha value is -2.35. The molecular weight excluding hydrogens is 210 g/mol. The predicted octanol–water partition coefficient (Wildman–Crippen LogP) is 2.71. The number of rotatable bonds is 3. The Morgan fingerprint density at radius 2 is 1.29 bits per heavy atom. The second kappa shape index (κ2) is 5.12. The van der Waals surface area contributed by atoms with Crippen molar-refractivity contribution in [2.24, 2.45) is 5.73 Å². The summed E-state index contributed by atoms with van der Waals surface area (Å²) in [5.41, 5.74) is 8.76. The van der Waals surface area contributed by atoms with Crippen LogP contribution in [-0.2, 0) is 4.79 Å². The van der Waals surface area contributed by atoms with E-state index in [2.05, 4.69) is 0 Å². The standard InChI is InChI=1S/C15H13NO/c16-15(13-9-5-2-6-10-13)14(11-17)12-7-3-1-4-8-12/h1-11H,16H2/b15-14-. The molecule has 0 radical (unpaired) electrons. The minimum absolute atomic E-state index is 0.506. The van der Waals surface area contributed by atoms with E-state index in [0.717, 1.165) is 17.4 Å². The Bertz CT molecular complexity index is 529. The molecule has 17 heavy (non-hydrogen) atoms. The lowest BCUT2D eigenvalue weighted by molar-refractivity contribution is -0.103. The highest BCUT2D eigenvalue weighted by molar-refractivity contribution is 6.16. The number of nitrogens with two attached hydrogens (primary N) is 1. The minimum atomic E-state index is 0.506. The molecule has 0 atom stereocenters. The van der Waals surface area contributed by atoms with Gasteiger partial charge in [0.25, 0.3) is 0 Å². The number of allylic oxidation sites excluding steroid dienone is 1. The van der Waals surface area contributed by atoms with E-state index in [1.807, 2.05) is 60.7 Å². The number of benzene rings is 2. The van der Waals surface area contributed by atoms with Crippen LogP contribution in [0.25, 0.3) is 11.3 Å². The van der Waals surface area contributed by atoms with Gasteiger partial charge in [-0.15, -0.1) is 0 Å². The maximum Gasteiger partial charge on any atom is 0.152 e. The molecule has 2 heteroatoms. The fourth-order valence-electron chi connectivity index (χ4n) is 1.68. The summed E-state index contributed by atoms with van der Waals surface area (Å²) in [4.78, 5) is 11.2. The van der Waals surface area contributed by atoms with Gasteiger partial charge in [-0.2, -0.15) is 0 Å². The van der Waals surface area contributed by atoms with E-state index >= 15 is 0 Å². The predicted molar refractivity (Wildman–Crippen MR) is 69.9 cm³/mol. The molecular formula is C15H13NO. The van der Waals surface area contributed by atoms with Crippen LogP contribution in [0, 0.1) is 0 Å². The van der Waals surface area contributed by atoms with E-state index in [4.69, 9.17) is 5.73 Å². The monoisotopic (exact) mass is 223 g/mol. The van der Waals surface area contributed by atoms with Crippen molar-refractivity contribution in [1.82, 2.24) is 0 Å². The zero-order valence-electron chi connectivity index (χ0n) is 9.34. The van der Waals surface area contributed by atoms with E-state index in [1.54, 1.807) is 0 Å². The molecule has 2 N–H and O–H groups in total. The summed E-state index contributed by atoms with van der Waals surface area (Å²) in [6.07, 6.45) is 0.803. The molecule has 0 amide bonds. The van der Waals surface area contributed by atoms with Crippen molar-refractivity contribution in [3.63, 3.8) is 0 Å². The van der Waals surface area contributed by atoms with Crippen LogP contribution in [0.3, 0.4) is 0 Å². The lowest BCUT2D eigenvalue weighted by Gasteiger charge is -2.07. The van der Waals surface area contributed by atoms with Crippen LogP contribution in [0.2, 0.25) is 0 Å². The zero-order chi connectivity index (χ0) is 12.1. The summed E-state index contributed by atoms with van der Waals surface area (Å²) in [7, 11) is 0. The van der Waals surface area contributed by atoms with E-state index in [9.17, 15) is 4.79 Å². The third-order valence-electron chi connectivity index (χ3n) is 2.58. The molecule has 0 aromatic heterocycles. The van der Waals surface area contributed by atoms with Crippen LogP contribution in [-0.4, -0.2) is 6.29 Å². The van der Waals surface area contributed by atoms with Crippen LogP contribution in [0.4, 0.5) is 0 Å². The highest BCUT2D eigenvalue weighted by Gasteiger charge is 2.06. The SMILES string of the molecule is N/C(=C(/C=O)c1ccccc1)c1ccccc1. The average Bonchev–Trinajstić information content (AvgIpc) is 2.42. The van der Waals surface area contributed by atoms with Crippen molar-refractivity contribution in [2.45, 2.75) is 0 Å². The highest BCUT2D eigenvalue weighted by Crippen LogP contribution is 2.20. The molecule has 2 aromatic rings. The van der Waals surface area contributed by atoms with Gasteiger partial charge in [-0.05, 0) is 11.1 Å². The van der Waals surface area contributed by atoms with E-state index in [0.29, 0.717) is 11.3 Å².